The third-order valence-electron chi connectivity index (χ3n) is 6.66. The van der Waals surface area contributed by atoms with Crippen molar-refractivity contribution in [3.63, 3.8) is 0 Å². The summed E-state index contributed by atoms with van der Waals surface area (Å²) < 4.78 is 0. The second-order valence-corrected chi connectivity index (χ2v) is 9.51. The van der Waals surface area contributed by atoms with Crippen LogP contribution in [0.3, 0.4) is 0 Å². The molecule has 1 heterocycles. The van der Waals surface area contributed by atoms with Gasteiger partial charge in [-0.05, 0) is 72.2 Å². The molecule has 0 bridgehead atoms. The molecular formula is C30H28N4O. The van der Waals surface area contributed by atoms with Crippen LogP contribution in [0.2, 0.25) is 0 Å². The maximum atomic E-state index is 13.1. The first-order valence-corrected chi connectivity index (χ1v) is 12.4. The van der Waals surface area contributed by atoms with E-state index in [-0.39, 0.29) is 5.91 Å². The number of rotatable bonds is 8. The van der Waals surface area contributed by atoms with Gasteiger partial charge >= 0.3 is 0 Å². The van der Waals surface area contributed by atoms with Gasteiger partial charge in [0.1, 0.15) is 12.1 Å². The second-order valence-electron chi connectivity index (χ2n) is 9.51. The minimum Gasteiger partial charge on any atom is -0.367 e. The van der Waals surface area contributed by atoms with Crippen molar-refractivity contribution in [2.75, 3.05) is 5.32 Å². The number of amides is 1. The van der Waals surface area contributed by atoms with E-state index in [1.807, 2.05) is 41.3 Å². The summed E-state index contributed by atoms with van der Waals surface area (Å²) in [6.07, 6.45) is 9.78. The van der Waals surface area contributed by atoms with E-state index in [0.717, 1.165) is 51.8 Å². The molecule has 0 unspecified atom stereocenters. The number of hydrogen-bond acceptors (Lipinski definition) is 4. The molecule has 2 aliphatic carbocycles. The molecular weight excluding hydrogens is 432 g/mol. The number of carbonyl (C=O) groups excluding carboxylic acids is 1. The van der Waals surface area contributed by atoms with Crippen molar-refractivity contribution in [3.8, 4) is 11.1 Å². The number of carbonyl (C=O) groups is 1. The highest BCUT2D eigenvalue weighted by Crippen LogP contribution is 2.32. The third-order valence-corrected chi connectivity index (χ3v) is 6.66. The molecule has 0 aliphatic heterocycles. The Hall–Kier alpha value is -3.99. The highest BCUT2D eigenvalue weighted by molar-refractivity contribution is 5.93. The molecule has 4 aromatic rings. The zero-order chi connectivity index (χ0) is 23.6. The lowest BCUT2D eigenvalue weighted by molar-refractivity contribution is -0.127. The Morgan fingerprint density at radius 2 is 1.74 bits per heavy atom. The molecule has 1 aromatic heterocycles. The van der Waals surface area contributed by atoms with Crippen LogP contribution in [0.5, 0.6) is 0 Å². The van der Waals surface area contributed by atoms with Gasteiger partial charge in [-0.3, -0.25) is 4.79 Å². The monoisotopic (exact) mass is 460 g/mol. The van der Waals surface area contributed by atoms with Gasteiger partial charge in [0.2, 0.25) is 5.91 Å². The van der Waals surface area contributed by atoms with Crippen LogP contribution in [0.4, 0.5) is 5.82 Å². The average molecular weight is 461 g/mol. The van der Waals surface area contributed by atoms with Crippen LogP contribution < -0.4 is 5.32 Å². The summed E-state index contributed by atoms with van der Waals surface area (Å²) >= 11 is 0. The molecule has 0 spiro atoms. The minimum absolute atomic E-state index is 0.0698. The van der Waals surface area contributed by atoms with Gasteiger partial charge in [0.25, 0.3) is 0 Å². The highest BCUT2D eigenvalue weighted by atomic mass is 16.2. The van der Waals surface area contributed by atoms with Gasteiger partial charge in [-0.25, -0.2) is 9.97 Å². The topological polar surface area (TPSA) is 58.1 Å². The Morgan fingerprint density at radius 1 is 0.914 bits per heavy atom. The molecule has 0 saturated heterocycles. The molecule has 2 saturated carbocycles. The first-order chi connectivity index (χ1) is 17.2. The molecule has 3 aromatic carbocycles. The molecule has 2 aliphatic rings. The predicted molar refractivity (Wildman–Crippen MR) is 141 cm³/mol. The van der Waals surface area contributed by atoms with Gasteiger partial charge in [-0.15, -0.1) is 0 Å². The van der Waals surface area contributed by atoms with Gasteiger partial charge in [0, 0.05) is 30.1 Å². The van der Waals surface area contributed by atoms with Crippen molar-refractivity contribution in [2.24, 2.45) is 0 Å². The lowest BCUT2D eigenvalue weighted by atomic mass is 10.0. The van der Waals surface area contributed by atoms with Crippen LogP contribution >= 0.6 is 0 Å². The molecule has 0 atom stereocenters. The van der Waals surface area contributed by atoms with Crippen molar-refractivity contribution < 1.29 is 4.79 Å². The summed E-state index contributed by atoms with van der Waals surface area (Å²) in [5, 5.41) is 4.57. The van der Waals surface area contributed by atoms with E-state index < -0.39 is 0 Å². The molecule has 174 valence electrons. The van der Waals surface area contributed by atoms with E-state index in [2.05, 4.69) is 57.7 Å². The van der Waals surface area contributed by atoms with E-state index >= 15 is 0 Å². The zero-order valence-corrected chi connectivity index (χ0v) is 19.6. The lowest BCUT2D eigenvalue weighted by Crippen LogP contribution is -2.31. The molecule has 5 heteroatoms. The number of nitrogens with one attached hydrogen (secondary N) is 1. The number of hydrogen-bond donors (Lipinski definition) is 1. The van der Waals surface area contributed by atoms with Crippen molar-refractivity contribution in [3.05, 3.63) is 96.3 Å². The third kappa shape index (κ3) is 5.09. The van der Waals surface area contributed by atoms with Crippen LogP contribution in [0.15, 0.2) is 85.2 Å². The molecule has 5 nitrogen and oxygen atoms in total. The number of anilines is 1. The number of benzene rings is 3. The summed E-state index contributed by atoms with van der Waals surface area (Å²) in [4.78, 5) is 24.0. The van der Waals surface area contributed by atoms with E-state index in [1.165, 1.54) is 12.8 Å². The fraction of sp³-hybridized carbons (Fsp3) is 0.233. The Bertz CT molecular complexity index is 1390. The summed E-state index contributed by atoms with van der Waals surface area (Å²) in [6, 6.07) is 25.7. The molecule has 1 N–H and O–H groups in total. The fourth-order valence-electron chi connectivity index (χ4n) is 4.42. The lowest BCUT2D eigenvalue weighted by Gasteiger charge is -2.21. The van der Waals surface area contributed by atoms with Crippen molar-refractivity contribution in [1.82, 2.24) is 14.9 Å². The highest BCUT2D eigenvalue weighted by Gasteiger charge is 2.31. The molecule has 1 amide bonds. The smallest absolute Gasteiger partial charge is 0.247 e. The van der Waals surface area contributed by atoms with Crippen molar-refractivity contribution >= 4 is 28.7 Å². The normalized spacial score (nSPS) is 15.4. The first-order valence-electron chi connectivity index (χ1n) is 12.4. The van der Waals surface area contributed by atoms with Crippen LogP contribution in [0.1, 0.15) is 36.8 Å². The molecule has 2 fully saturated rings. The Kier molecular flexibility index (Phi) is 5.75. The zero-order valence-electron chi connectivity index (χ0n) is 19.6. The van der Waals surface area contributed by atoms with Gasteiger partial charge in [-0.1, -0.05) is 54.6 Å². The molecule has 6 rings (SSSR count). The van der Waals surface area contributed by atoms with Crippen LogP contribution in [-0.2, 0) is 11.3 Å². The van der Waals surface area contributed by atoms with Gasteiger partial charge < -0.3 is 10.2 Å². The first kappa shape index (κ1) is 21.5. The van der Waals surface area contributed by atoms with Gasteiger partial charge in [-0.2, -0.15) is 0 Å². The largest absolute Gasteiger partial charge is 0.367 e. The summed E-state index contributed by atoms with van der Waals surface area (Å²) in [5.41, 5.74) is 5.37. The maximum Gasteiger partial charge on any atom is 0.247 e. The van der Waals surface area contributed by atoms with Crippen molar-refractivity contribution in [1.29, 1.82) is 0 Å². The SMILES string of the molecule is O=C(C=Cc1ccccc1)N(Cc1cccc(-c2ccc3ncnc(NC4CC4)c3c2)c1)C1CC1. The van der Waals surface area contributed by atoms with Crippen LogP contribution in [0.25, 0.3) is 28.1 Å². The quantitative estimate of drug-likeness (QED) is 0.324. The van der Waals surface area contributed by atoms with Crippen LogP contribution in [-0.4, -0.2) is 32.9 Å². The predicted octanol–water partition coefficient (Wildman–Crippen LogP) is 6.08. The van der Waals surface area contributed by atoms with Crippen LogP contribution in [0, 0.1) is 0 Å². The second kappa shape index (κ2) is 9.34. The number of aromatic nitrogens is 2. The number of fused-ring (bicyclic) bond motifs is 1. The summed E-state index contributed by atoms with van der Waals surface area (Å²) in [7, 11) is 0. The van der Waals surface area contributed by atoms with Gasteiger partial charge in [0.15, 0.2) is 0 Å². The standard InChI is InChI=1S/C30H28N4O/c35-29(16-9-21-5-2-1-3-6-21)34(26-13-14-26)19-22-7-4-8-23(17-22)24-10-15-28-27(18-24)30(32-20-31-28)33-25-11-12-25/h1-10,15-18,20,25-26H,11-14,19H2,(H,31,32,33). The fourth-order valence-corrected chi connectivity index (χ4v) is 4.42. The molecule has 0 radical (unpaired) electrons. The van der Waals surface area contributed by atoms with E-state index in [0.29, 0.717) is 18.6 Å². The van der Waals surface area contributed by atoms with E-state index in [1.54, 1.807) is 12.4 Å². The van der Waals surface area contributed by atoms with Crippen molar-refractivity contribution in [2.45, 2.75) is 44.3 Å². The average Bonchev–Trinajstić information content (AvgIpc) is 3.82. The van der Waals surface area contributed by atoms with E-state index in [9.17, 15) is 4.79 Å². The Balaban J connectivity index is 1.24. The van der Waals surface area contributed by atoms with Gasteiger partial charge in [0.05, 0.1) is 5.52 Å². The number of nitrogens with zero attached hydrogens (tertiary/aromatic N) is 3. The Morgan fingerprint density at radius 3 is 2.54 bits per heavy atom. The van der Waals surface area contributed by atoms with E-state index in [4.69, 9.17) is 0 Å². The summed E-state index contributed by atoms with van der Waals surface area (Å²) in [5.74, 6) is 0.978. The summed E-state index contributed by atoms with van der Waals surface area (Å²) in [6.45, 7) is 0.613. The Labute approximate surface area is 205 Å². The maximum absolute atomic E-state index is 13.1. The molecule has 35 heavy (non-hydrogen) atoms. The minimum atomic E-state index is 0.0698.